The fraction of sp³-hybridized carbons (Fsp3) is 0.588. The van der Waals surface area contributed by atoms with Gasteiger partial charge in [0, 0.05) is 12.1 Å². The van der Waals surface area contributed by atoms with Gasteiger partial charge in [-0.2, -0.15) is 0 Å². The molecular weight excluding hydrogens is 264 g/mol. The van der Waals surface area contributed by atoms with Crippen LogP contribution in [0.15, 0.2) is 24.3 Å². The van der Waals surface area contributed by atoms with E-state index >= 15 is 0 Å². The average molecular weight is 288 g/mol. The number of hydrogen-bond acceptors (Lipinski definition) is 3. The zero-order valence-electron chi connectivity index (χ0n) is 12.9. The van der Waals surface area contributed by atoms with Gasteiger partial charge in [-0.3, -0.25) is 4.79 Å². The third-order valence-corrected chi connectivity index (χ3v) is 4.64. The second-order valence-electron chi connectivity index (χ2n) is 6.70. The Balaban J connectivity index is 1.79. The molecular formula is C17H24N2O2. The summed E-state index contributed by atoms with van der Waals surface area (Å²) in [6.45, 7) is 7.16. The number of para-hydroxylation sites is 1. The van der Waals surface area contributed by atoms with Gasteiger partial charge in [0.1, 0.15) is 12.4 Å². The van der Waals surface area contributed by atoms with E-state index in [0.29, 0.717) is 19.7 Å². The summed E-state index contributed by atoms with van der Waals surface area (Å²) in [6.07, 6.45) is 2.24. The van der Waals surface area contributed by atoms with Crippen molar-refractivity contribution in [2.75, 3.05) is 19.7 Å². The highest BCUT2D eigenvalue weighted by molar-refractivity contribution is 5.83. The van der Waals surface area contributed by atoms with Gasteiger partial charge in [-0.15, -0.1) is 0 Å². The quantitative estimate of drug-likeness (QED) is 0.861. The molecule has 1 atom stereocenters. The Bertz CT molecular complexity index is 527. The maximum absolute atomic E-state index is 12.9. The van der Waals surface area contributed by atoms with Crippen molar-refractivity contribution in [1.29, 1.82) is 0 Å². The van der Waals surface area contributed by atoms with Crippen LogP contribution in [0.1, 0.15) is 32.3 Å². The van der Waals surface area contributed by atoms with Gasteiger partial charge < -0.3 is 15.0 Å². The van der Waals surface area contributed by atoms with Crippen molar-refractivity contribution >= 4 is 5.91 Å². The summed E-state index contributed by atoms with van der Waals surface area (Å²) in [5.41, 5.74) is 1.11. The normalized spacial score (nSPS) is 24.7. The molecule has 1 fully saturated rings. The van der Waals surface area contributed by atoms with Crippen molar-refractivity contribution < 1.29 is 9.53 Å². The summed E-state index contributed by atoms with van der Waals surface area (Å²) in [6, 6.07) is 7.91. The van der Waals surface area contributed by atoms with Crippen LogP contribution in [0.4, 0.5) is 0 Å². The van der Waals surface area contributed by atoms with Gasteiger partial charge in [-0.25, -0.2) is 0 Å². The molecule has 0 saturated carbocycles. The fourth-order valence-electron chi connectivity index (χ4n) is 3.33. The van der Waals surface area contributed by atoms with Crippen LogP contribution in [-0.4, -0.2) is 36.5 Å². The monoisotopic (exact) mass is 288 g/mol. The number of amides is 1. The molecule has 21 heavy (non-hydrogen) atoms. The largest absolute Gasteiger partial charge is 0.491 e. The molecule has 1 saturated heterocycles. The van der Waals surface area contributed by atoms with Crippen molar-refractivity contribution in [2.45, 2.75) is 39.3 Å². The third-order valence-electron chi connectivity index (χ3n) is 4.64. The van der Waals surface area contributed by atoms with Crippen LogP contribution < -0.4 is 10.1 Å². The number of nitrogens with zero attached hydrogens (tertiary/aromatic N) is 1. The standard InChI is InChI=1S/C17H24N2O2/c1-17(2)8-5-9-18-15(17)16(20)19-10-11-21-14-7-4-3-6-13(14)12-19/h3-4,6-7,15,18H,5,8-12H2,1-2H3. The molecule has 1 amide bonds. The van der Waals surface area contributed by atoms with Crippen molar-refractivity contribution in [2.24, 2.45) is 5.41 Å². The number of nitrogens with one attached hydrogen (secondary N) is 1. The second-order valence-corrected chi connectivity index (χ2v) is 6.70. The number of piperidine rings is 1. The average Bonchev–Trinajstić information content (AvgIpc) is 2.68. The highest BCUT2D eigenvalue weighted by atomic mass is 16.5. The molecule has 2 heterocycles. The molecule has 4 nitrogen and oxygen atoms in total. The van der Waals surface area contributed by atoms with Crippen LogP contribution in [0.5, 0.6) is 5.75 Å². The van der Waals surface area contributed by atoms with E-state index in [2.05, 4.69) is 19.2 Å². The lowest BCUT2D eigenvalue weighted by Gasteiger charge is -2.40. The Hall–Kier alpha value is -1.55. The Labute approximate surface area is 126 Å². The van der Waals surface area contributed by atoms with E-state index in [-0.39, 0.29) is 17.4 Å². The topological polar surface area (TPSA) is 41.6 Å². The summed E-state index contributed by atoms with van der Waals surface area (Å²) in [5, 5.41) is 3.42. The first-order valence-corrected chi connectivity index (χ1v) is 7.81. The van der Waals surface area contributed by atoms with Crippen LogP contribution in [0, 0.1) is 5.41 Å². The summed E-state index contributed by atoms with van der Waals surface area (Å²) in [5.74, 6) is 1.11. The number of hydrogen-bond donors (Lipinski definition) is 1. The minimum absolute atomic E-state index is 0.0159. The molecule has 2 aliphatic rings. The molecule has 0 aliphatic carbocycles. The van der Waals surface area contributed by atoms with Crippen LogP contribution in [0.2, 0.25) is 0 Å². The van der Waals surface area contributed by atoms with Crippen LogP contribution in [0.25, 0.3) is 0 Å². The van der Waals surface area contributed by atoms with E-state index in [1.807, 2.05) is 29.2 Å². The molecule has 1 unspecified atom stereocenters. The lowest BCUT2D eigenvalue weighted by Crippen LogP contribution is -2.56. The number of ether oxygens (including phenoxy) is 1. The predicted octanol–water partition coefficient (Wildman–Crippen LogP) is 2.19. The van der Waals surface area contributed by atoms with Gasteiger partial charge in [-0.05, 0) is 30.9 Å². The molecule has 1 N–H and O–H groups in total. The van der Waals surface area contributed by atoms with E-state index in [9.17, 15) is 4.79 Å². The Morgan fingerprint density at radius 1 is 1.38 bits per heavy atom. The van der Waals surface area contributed by atoms with Gasteiger partial charge >= 0.3 is 0 Å². The first kappa shape index (κ1) is 14.4. The fourth-order valence-corrected chi connectivity index (χ4v) is 3.33. The van der Waals surface area contributed by atoms with Crippen molar-refractivity contribution in [3.05, 3.63) is 29.8 Å². The maximum atomic E-state index is 12.9. The van der Waals surface area contributed by atoms with Crippen LogP contribution in [0.3, 0.4) is 0 Å². The highest BCUT2D eigenvalue weighted by Gasteiger charge is 2.39. The third kappa shape index (κ3) is 2.91. The smallest absolute Gasteiger partial charge is 0.240 e. The lowest BCUT2D eigenvalue weighted by atomic mass is 9.77. The van der Waals surface area contributed by atoms with E-state index in [1.54, 1.807) is 0 Å². The van der Waals surface area contributed by atoms with Gasteiger partial charge in [-0.1, -0.05) is 32.0 Å². The number of carbonyl (C=O) groups is 1. The van der Waals surface area contributed by atoms with Crippen LogP contribution in [-0.2, 0) is 11.3 Å². The Morgan fingerprint density at radius 3 is 3.00 bits per heavy atom. The second kappa shape index (κ2) is 5.68. The molecule has 0 aromatic heterocycles. The van der Waals surface area contributed by atoms with Gasteiger partial charge in [0.05, 0.1) is 12.6 Å². The first-order valence-electron chi connectivity index (χ1n) is 7.81. The number of rotatable bonds is 1. The molecule has 0 radical (unpaired) electrons. The van der Waals surface area contributed by atoms with E-state index in [0.717, 1.165) is 30.7 Å². The van der Waals surface area contributed by atoms with E-state index in [4.69, 9.17) is 4.74 Å². The molecule has 1 aromatic carbocycles. The van der Waals surface area contributed by atoms with Gasteiger partial charge in [0.2, 0.25) is 5.91 Å². The Kier molecular flexibility index (Phi) is 3.89. The predicted molar refractivity (Wildman–Crippen MR) is 82.2 cm³/mol. The molecule has 114 valence electrons. The zero-order valence-corrected chi connectivity index (χ0v) is 12.9. The van der Waals surface area contributed by atoms with Gasteiger partial charge in [0.15, 0.2) is 0 Å². The number of carbonyl (C=O) groups excluding carboxylic acids is 1. The van der Waals surface area contributed by atoms with E-state index in [1.165, 1.54) is 0 Å². The van der Waals surface area contributed by atoms with Gasteiger partial charge in [0.25, 0.3) is 0 Å². The molecule has 0 bridgehead atoms. The molecule has 4 heteroatoms. The number of benzene rings is 1. The SMILES string of the molecule is CC1(C)CCCNC1C(=O)N1CCOc2ccccc2C1. The highest BCUT2D eigenvalue weighted by Crippen LogP contribution is 2.32. The molecule has 2 aliphatic heterocycles. The maximum Gasteiger partial charge on any atom is 0.240 e. The van der Waals surface area contributed by atoms with Crippen molar-refractivity contribution in [3.8, 4) is 5.75 Å². The van der Waals surface area contributed by atoms with Crippen LogP contribution >= 0.6 is 0 Å². The summed E-state index contributed by atoms with van der Waals surface area (Å²) < 4.78 is 5.75. The summed E-state index contributed by atoms with van der Waals surface area (Å²) in [4.78, 5) is 14.9. The van der Waals surface area contributed by atoms with Crippen molar-refractivity contribution in [1.82, 2.24) is 10.2 Å². The molecule has 3 rings (SSSR count). The summed E-state index contributed by atoms with van der Waals surface area (Å²) >= 11 is 0. The first-order chi connectivity index (χ1) is 10.1. The Morgan fingerprint density at radius 2 is 2.19 bits per heavy atom. The zero-order chi connectivity index (χ0) is 14.9. The minimum Gasteiger partial charge on any atom is -0.491 e. The minimum atomic E-state index is -0.0866. The van der Waals surface area contributed by atoms with E-state index < -0.39 is 0 Å². The molecule has 1 aromatic rings. The number of fused-ring (bicyclic) bond motifs is 1. The summed E-state index contributed by atoms with van der Waals surface area (Å²) in [7, 11) is 0. The van der Waals surface area contributed by atoms with Crippen molar-refractivity contribution in [3.63, 3.8) is 0 Å². The lowest BCUT2D eigenvalue weighted by molar-refractivity contribution is -0.138. The molecule has 0 spiro atoms.